The van der Waals surface area contributed by atoms with Gasteiger partial charge in [0.15, 0.2) is 6.61 Å². The zero-order valence-electron chi connectivity index (χ0n) is 13.1. The number of rotatable bonds is 5. The highest BCUT2D eigenvalue weighted by Gasteiger charge is 2.20. The third-order valence-electron chi connectivity index (χ3n) is 4.11. The Morgan fingerprint density at radius 3 is 2.96 bits per heavy atom. The molecule has 1 amide bonds. The first kappa shape index (κ1) is 16.3. The second-order valence-corrected chi connectivity index (χ2v) is 6.59. The van der Waals surface area contributed by atoms with E-state index in [2.05, 4.69) is 15.9 Å². The molecule has 0 bridgehead atoms. The van der Waals surface area contributed by atoms with Crippen molar-refractivity contribution in [1.82, 2.24) is 4.90 Å². The van der Waals surface area contributed by atoms with Gasteiger partial charge in [-0.15, -0.1) is 0 Å². The summed E-state index contributed by atoms with van der Waals surface area (Å²) in [5.41, 5.74) is 0. The molecule has 0 N–H and O–H groups in total. The molecule has 4 nitrogen and oxygen atoms in total. The molecule has 0 radical (unpaired) electrons. The summed E-state index contributed by atoms with van der Waals surface area (Å²) in [5, 5.41) is 2.21. The zero-order chi connectivity index (χ0) is 16.2. The molecule has 0 saturated carbocycles. The predicted octanol–water partition coefficient (Wildman–Crippen LogP) is 3.62. The van der Waals surface area contributed by atoms with Crippen molar-refractivity contribution < 1.29 is 14.3 Å². The lowest BCUT2D eigenvalue weighted by molar-refractivity contribution is -0.133. The number of benzene rings is 2. The number of fused-ring (bicyclic) bond motifs is 1. The predicted molar refractivity (Wildman–Crippen MR) is 93.8 cm³/mol. The van der Waals surface area contributed by atoms with Crippen LogP contribution in [-0.2, 0) is 9.53 Å². The number of halogens is 1. The highest BCUT2D eigenvalue weighted by Crippen LogP contribution is 2.33. The number of hydrogen-bond donors (Lipinski definition) is 0. The van der Waals surface area contributed by atoms with Gasteiger partial charge in [0.2, 0.25) is 0 Å². The summed E-state index contributed by atoms with van der Waals surface area (Å²) in [5.74, 6) is 0.642. The van der Waals surface area contributed by atoms with Gasteiger partial charge in [-0.1, -0.05) is 30.3 Å². The Kier molecular flexibility index (Phi) is 5.18. The van der Waals surface area contributed by atoms with Crippen LogP contribution in [0.3, 0.4) is 0 Å². The van der Waals surface area contributed by atoms with Gasteiger partial charge >= 0.3 is 0 Å². The molecule has 3 rings (SSSR count). The van der Waals surface area contributed by atoms with E-state index in [1.807, 2.05) is 36.4 Å². The fourth-order valence-electron chi connectivity index (χ4n) is 2.77. The minimum absolute atomic E-state index is 0.0279. The number of carbonyl (C=O) groups is 1. The summed E-state index contributed by atoms with van der Waals surface area (Å²) >= 11 is 3.57. The van der Waals surface area contributed by atoms with E-state index in [1.54, 1.807) is 11.9 Å². The Morgan fingerprint density at radius 2 is 2.17 bits per heavy atom. The van der Waals surface area contributed by atoms with Crippen molar-refractivity contribution in [2.24, 2.45) is 0 Å². The fraction of sp³-hybridized carbons (Fsp3) is 0.389. The molecule has 1 fully saturated rings. The first-order valence-corrected chi connectivity index (χ1v) is 8.60. The molecule has 1 aliphatic rings. The molecule has 0 aliphatic carbocycles. The molecule has 1 unspecified atom stereocenters. The summed E-state index contributed by atoms with van der Waals surface area (Å²) in [4.78, 5) is 13.9. The largest absolute Gasteiger partial charge is 0.483 e. The maximum absolute atomic E-state index is 12.2. The van der Waals surface area contributed by atoms with Gasteiger partial charge in [0.25, 0.3) is 5.91 Å². The molecule has 1 atom stereocenters. The average molecular weight is 378 g/mol. The molecule has 2 aromatic rings. The third-order valence-corrected chi connectivity index (χ3v) is 4.92. The highest BCUT2D eigenvalue weighted by atomic mass is 79.9. The van der Waals surface area contributed by atoms with Gasteiger partial charge in [0.1, 0.15) is 5.75 Å². The van der Waals surface area contributed by atoms with E-state index >= 15 is 0 Å². The van der Waals surface area contributed by atoms with Crippen molar-refractivity contribution in [3.8, 4) is 5.75 Å². The Labute approximate surface area is 144 Å². The van der Waals surface area contributed by atoms with Crippen molar-refractivity contribution in [2.45, 2.75) is 18.9 Å². The number of carbonyl (C=O) groups excluding carboxylic acids is 1. The van der Waals surface area contributed by atoms with Gasteiger partial charge in [-0.05, 0) is 45.6 Å². The van der Waals surface area contributed by atoms with Gasteiger partial charge in [0.05, 0.1) is 10.6 Å². The summed E-state index contributed by atoms with van der Waals surface area (Å²) < 4.78 is 12.2. The SMILES string of the molecule is CN(CC1CCCO1)C(=O)COc1ccc2ccccc2c1Br. The van der Waals surface area contributed by atoms with Crippen LogP contribution in [-0.4, -0.2) is 43.7 Å². The second kappa shape index (κ2) is 7.32. The maximum Gasteiger partial charge on any atom is 0.260 e. The minimum atomic E-state index is -0.0411. The lowest BCUT2D eigenvalue weighted by atomic mass is 10.1. The fourth-order valence-corrected chi connectivity index (χ4v) is 3.38. The van der Waals surface area contributed by atoms with E-state index in [0.717, 1.165) is 34.7 Å². The monoisotopic (exact) mass is 377 g/mol. The molecular weight excluding hydrogens is 358 g/mol. The summed E-state index contributed by atoms with van der Waals surface area (Å²) in [6.07, 6.45) is 2.26. The Morgan fingerprint density at radius 1 is 1.35 bits per heavy atom. The minimum Gasteiger partial charge on any atom is -0.483 e. The van der Waals surface area contributed by atoms with Gasteiger partial charge in [0, 0.05) is 20.2 Å². The summed E-state index contributed by atoms with van der Waals surface area (Å²) in [7, 11) is 1.79. The molecule has 0 aromatic heterocycles. The van der Waals surface area contributed by atoms with Crippen molar-refractivity contribution in [1.29, 1.82) is 0 Å². The smallest absolute Gasteiger partial charge is 0.260 e. The Hall–Kier alpha value is -1.59. The normalized spacial score (nSPS) is 17.4. The van der Waals surface area contributed by atoms with E-state index in [9.17, 15) is 4.79 Å². The van der Waals surface area contributed by atoms with Gasteiger partial charge < -0.3 is 14.4 Å². The Bertz CT molecular complexity index is 698. The molecule has 1 aliphatic heterocycles. The molecular formula is C18H20BrNO3. The van der Waals surface area contributed by atoms with Crippen LogP contribution < -0.4 is 4.74 Å². The molecule has 23 heavy (non-hydrogen) atoms. The average Bonchev–Trinajstić information content (AvgIpc) is 3.07. The summed E-state index contributed by atoms with van der Waals surface area (Å²) in [6.45, 7) is 1.45. The molecule has 2 aromatic carbocycles. The van der Waals surface area contributed by atoms with Crippen LogP contribution >= 0.6 is 15.9 Å². The van der Waals surface area contributed by atoms with Crippen molar-refractivity contribution >= 4 is 32.6 Å². The molecule has 0 spiro atoms. The number of amides is 1. The van der Waals surface area contributed by atoms with E-state index in [-0.39, 0.29) is 18.6 Å². The zero-order valence-corrected chi connectivity index (χ0v) is 14.7. The van der Waals surface area contributed by atoms with Crippen LogP contribution in [0, 0.1) is 0 Å². The Balaban J connectivity index is 1.61. The maximum atomic E-state index is 12.2. The van der Waals surface area contributed by atoms with E-state index < -0.39 is 0 Å². The first-order valence-electron chi connectivity index (χ1n) is 7.81. The van der Waals surface area contributed by atoms with Gasteiger partial charge in [-0.25, -0.2) is 0 Å². The second-order valence-electron chi connectivity index (χ2n) is 5.80. The number of ether oxygens (including phenoxy) is 2. The molecule has 122 valence electrons. The quantitative estimate of drug-likeness (QED) is 0.798. The van der Waals surface area contributed by atoms with Gasteiger partial charge in [-0.2, -0.15) is 0 Å². The van der Waals surface area contributed by atoms with Crippen molar-refractivity contribution in [3.63, 3.8) is 0 Å². The highest BCUT2D eigenvalue weighted by molar-refractivity contribution is 9.10. The molecule has 5 heteroatoms. The van der Waals surface area contributed by atoms with Crippen molar-refractivity contribution in [3.05, 3.63) is 40.9 Å². The lowest BCUT2D eigenvalue weighted by Crippen LogP contribution is -2.37. The van der Waals surface area contributed by atoms with Crippen LogP contribution in [0.4, 0.5) is 0 Å². The summed E-state index contributed by atoms with van der Waals surface area (Å²) in [6, 6.07) is 11.9. The van der Waals surface area contributed by atoms with Crippen LogP contribution in [0.2, 0.25) is 0 Å². The van der Waals surface area contributed by atoms with Crippen LogP contribution in [0.1, 0.15) is 12.8 Å². The van der Waals surface area contributed by atoms with E-state index in [0.29, 0.717) is 12.3 Å². The van der Waals surface area contributed by atoms with Gasteiger partial charge in [-0.3, -0.25) is 4.79 Å². The standard InChI is InChI=1S/C18H20BrNO3/c1-20(11-14-6-4-10-22-14)17(21)12-23-16-9-8-13-5-2-3-7-15(13)18(16)19/h2-3,5,7-9,14H,4,6,10-12H2,1H3. The van der Waals surface area contributed by atoms with Crippen LogP contribution in [0.15, 0.2) is 40.9 Å². The van der Waals surface area contributed by atoms with Crippen LogP contribution in [0.5, 0.6) is 5.75 Å². The number of likely N-dealkylation sites (N-methyl/N-ethyl adjacent to an activating group) is 1. The first-order chi connectivity index (χ1) is 11.1. The lowest BCUT2D eigenvalue weighted by Gasteiger charge is -2.21. The number of nitrogens with zero attached hydrogens (tertiary/aromatic N) is 1. The topological polar surface area (TPSA) is 38.8 Å². The van der Waals surface area contributed by atoms with E-state index in [1.165, 1.54) is 0 Å². The van der Waals surface area contributed by atoms with Crippen LogP contribution in [0.25, 0.3) is 10.8 Å². The van der Waals surface area contributed by atoms with E-state index in [4.69, 9.17) is 9.47 Å². The third kappa shape index (κ3) is 3.85. The number of hydrogen-bond acceptors (Lipinski definition) is 3. The van der Waals surface area contributed by atoms with Crippen molar-refractivity contribution in [2.75, 3.05) is 26.8 Å². The molecule has 1 saturated heterocycles. The molecule has 1 heterocycles.